The van der Waals surface area contributed by atoms with Gasteiger partial charge in [0.15, 0.2) is 15.8 Å². The van der Waals surface area contributed by atoms with Crippen molar-refractivity contribution >= 4 is 56.5 Å². The van der Waals surface area contributed by atoms with Crippen LogP contribution in [0.15, 0.2) is 40.7 Å². The van der Waals surface area contributed by atoms with Gasteiger partial charge in [-0.3, -0.25) is 4.79 Å². The third kappa shape index (κ3) is 3.84. The average molecular weight is 393 g/mol. The Kier molecular flexibility index (Phi) is 4.70. The lowest BCUT2D eigenvalue weighted by molar-refractivity contribution is -0.115. The number of thioether (sulfide) groups is 1. The molecule has 1 aromatic heterocycles. The number of amides is 1. The average Bonchev–Trinajstić information content (AvgIpc) is 3.20. The number of aromatic nitrogens is 1. The van der Waals surface area contributed by atoms with Crippen LogP contribution in [-0.2, 0) is 4.79 Å². The van der Waals surface area contributed by atoms with Crippen molar-refractivity contribution in [3.8, 4) is 11.5 Å². The number of nitrogens with one attached hydrogen (secondary N) is 1. The first-order chi connectivity index (χ1) is 12.2. The molecule has 1 aliphatic heterocycles. The highest BCUT2D eigenvalue weighted by Gasteiger charge is 2.14. The van der Waals surface area contributed by atoms with E-state index in [0.717, 1.165) is 14.6 Å². The van der Waals surface area contributed by atoms with Gasteiger partial charge in [0.05, 0.1) is 10.2 Å². The van der Waals surface area contributed by atoms with Gasteiger partial charge < -0.3 is 14.8 Å². The van der Waals surface area contributed by atoms with Crippen molar-refractivity contribution in [2.24, 2.45) is 0 Å². The van der Waals surface area contributed by atoms with Gasteiger partial charge in [-0.15, -0.1) is 11.3 Å². The Morgan fingerprint density at radius 3 is 3.04 bits per heavy atom. The van der Waals surface area contributed by atoms with Gasteiger partial charge in [-0.1, -0.05) is 23.4 Å². The number of halogens is 1. The third-order valence-corrected chi connectivity index (χ3v) is 5.96. The van der Waals surface area contributed by atoms with Gasteiger partial charge in [0, 0.05) is 29.0 Å². The Morgan fingerprint density at radius 1 is 1.24 bits per heavy atom. The van der Waals surface area contributed by atoms with E-state index in [2.05, 4.69) is 10.3 Å². The summed E-state index contributed by atoms with van der Waals surface area (Å²) in [6, 6.07) is 11.0. The maximum atomic E-state index is 12.1. The van der Waals surface area contributed by atoms with E-state index in [-0.39, 0.29) is 12.7 Å². The van der Waals surface area contributed by atoms with Crippen LogP contribution < -0.4 is 14.8 Å². The fourth-order valence-electron chi connectivity index (χ4n) is 2.37. The van der Waals surface area contributed by atoms with Gasteiger partial charge >= 0.3 is 0 Å². The van der Waals surface area contributed by atoms with Crippen LogP contribution in [0.5, 0.6) is 11.5 Å². The predicted octanol–water partition coefficient (Wildman–Crippen LogP) is 4.80. The SMILES string of the molecule is O=C(CCSc1nc2cc(Cl)ccc2s1)Nc1ccc2c(c1)OCO2. The number of carbonyl (C=O) groups is 1. The molecule has 2 heterocycles. The lowest BCUT2D eigenvalue weighted by Gasteiger charge is -2.05. The van der Waals surface area contributed by atoms with Gasteiger partial charge in [0.2, 0.25) is 12.7 Å². The number of hydrogen-bond donors (Lipinski definition) is 1. The first-order valence-corrected chi connectivity index (χ1v) is 9.74. The van der Waals surface area contributed by atoms with Crippen LogP contribution in [0.25, 0.3) is 10.2 Å². The number of hydrogen-bond acceptors (Lipinski definition) is 6. The molecule has 0 radical (unpaired) electrons. The highest BCUT2D eigenvalue weighted by atomic mass is 35.5. The Morgan fingerprint density at radius 2 is 2.12 bits per heavy atom. The van der Waals surface area contributed by atoms with Gasteiger partial charge in [-0.05, 0) is 30.3 Å². The molecule has 0 bridgehead atoms. The molecule has 2 aromatic carbocycles. The molecule has 8 heteroatoms. The molecule has 0 fully saturated rings. The van der Waals surface area contributed by atoms with Crippen molar-refractivity contribution in [2.45, 2.75) is 10.8 Å². The molecular weight excluding hydrogens is 380 g/mol. The lowest BCUT2D eigenvalue weighted by atomic mass is 10.2. The van der Waals surface area contributed by atoms with Crippen molar-refractivity contribution < 1.29 is 14.3 Å². The summed E-state index contributed by atoms with van der Waals surface area (Å²) in [5.74, 6) is 1.96. The molecule has 5 nitrogen and oxygen atoms in total. The standard InChI is InChI=1S/C17H13ClN2O3S2/c18-10-1-4-15-12(7-10)20-17(25-15)24-6-5-16(21)19-11-2-3-13-14(8-11)23-9-22-13/h1-4,7-8H,5-6,9H2,(H,19,21). The summed E-state index contributed by atoms with van der Waals surface area (Å²) in [5.41, 5.74) is 1.60. The van der Waals surface area contributed by atoms with Gasteiger partial charge in [-0.25, -0.2) is 4.98 Å². The van der Waals surface area contributed by atoms with Crippen LogP contribution in [-0.4, -0.2) is 23.4 Å². The fourth-order valence-corrected chi connectivity index (χ4v) is 4.59. The van der Waals surface area contributed by atoms with Gasteiger partial charge in [0.1, 0.15) is 0 Å². The molecule has 0 unspecified atom stereocenters. The first-order valence-electron chi connectivity index (χ1n) is 7.56. The van der Waals surface area contributed by atoms with Crippen molar-refractivity contribution in [3.05, 3.63) is 41.4 Å². The molecule has 128 valence electrons. The largest absolute Gasteiger partial charge is 0.454 e. The van der Waals surface area contributed by atoms with E-state index < -0.39 is 0 Å². The zero-order valence-corrected chi connectivity index (χ0v) is 15.3. The fraction of sp³-hybridized carbons (Fsp3) is 0.176. The molecule has 1 aliphatic rings. The van der Waals surface area contributed by atoms with Crippen LogP contribution in [0.3, 0.4) is 0 Å². The Labute approximate surface area is 157 Å². The van der Waals surface area contributed by atoms with Crippen molar-refractivity contribution in [2.75, 3.05) is 17.9 Å². The zero-order chi connectivity index (χ0) is 17.2. The highest BCUT2D eigenvalue weighted by Crippen LogP contribution is 2.34. The Balaban J connectivity index is 1.31. The van der Waals surface area contributed by atoms with Crippen molar-refractivity contribution in [3.63, 3.8) is 0 Å². The first kappa shape index (κ1) is 16.5. The number of rotatable bonds is 5. The molecule has 0 atom stereocenters. The zero-order valence-electron chi connectivity index (χ0n) is 13.0. The summed E-state index contributed by atoms with van der Waals surface area (Å²) in [6.45, 7) is 0.219. The number of carbonyl (C=O) groups excluding carboxylic acids is 1. The lowest BCUT2D eigenvalue weighted by Crippen LogP contribution is -2.12. The molecule has 25 heavy (non-hydrogen) atoms. The summed E-state index contributed by atoms with van der Waals surface area (Å²) in [4.78, 5) is 16.6. The summed E-state index contributed by atoms with van der Waals surface area (Å²) in [5, 5.41) is 3.55. The van der Waals surface area contributed by atoms with E-state index in [1.165, 1.54) is 0 Å². The van der Waals surface area contributed by atoms with Crippen LogP contribution >= 0.6 is 34.7 Å². The molecule has 0 saturated heterocycles. The smallest absolute Gasteiger partial charge is 0.231 e. The second-order valence-electron chi connectivity index (χ2n) is 5.31. The number of fused-ring (bicyclic) bond motifs is 2. The second-order valence-corrected chi connectivity index (χ2v) is 8.12. The summed E-state index contributed by atoms with van der Waals surface area (Å²) in [7, 11) is 0. The Bertz CT molecular complexity index is 945. The minimum Gasteiger partial charge on any atom is -0.454 e. The number of anilines is 1. The van der Waals surface area contributed by atoms with Crippen LogP contribution in [0.1, 0.15) is 6.42 Å². The summed E-state index contributed by atoms with van der Waals surface area (Å²) >= 11 is 9.15. The Hall–Kier alpha value is -1.96. The number of thiazole rings is 1. The second kappa shape index (κ2) is 7.11. The van der Waals surface area contributed by atoms with Gasteiger partial charge in [0.25, 0.3) is 0 Å². The highest BCUT2D eigenvalue weighted by molar-refractivity contribution is 8.01. The molecule has 0 spiro atoms. The summed E-state index contributed by atoms with van der Waals surface area (Å²) < 4.78 is 12.6. The third-order valence-electron chi connectivity index (χ3n) is 3.54. The number of ether oxygens (including phenoxy) is 2. The van der Waals surface area contributed by atoms with E-state index in [1.807, 2.05) is 18.2 Å². The van der Waals surface area contributed by atoms with Crippen LogP contribution in [0, 0.1) is 0 Å². The molecule has 0 aliphatic carbocycles. The minimum absolute atomic E-state index is 0.0458. The summed E-state index contributed by atoms with van der Waals surface area (Å²) in [6.07, 6.45) is 0.399. The van der Waals surface area contributed by atoms with Crippen molar-refractivity contribution in [1.29, 1.82) is 0 Å². The normalized spacial score (nSPS) is 12.5. The topological polar surface area (TPSA) is 60.5 Å². The maximum Gasteiger partial charge on any atom is 0.231 e. The molecule has 3 aromatic rings. The number of nitrogens with zero attached hydrogens (tertiary/aromatic N) is 1. The molecule has 1 amide bonds. The minimum atomic E-state index is -0.0458. The van der Waals surface area contributed by atoms with E-state index in [1.54, 1.807) is 41.3 Å². The molecule has 0 saturated carbocycles. The number of benzene rings is 2. The predicted molar refractivity (Wildman–Crippen MR) is 101 cm³/mol. The van der Waals surface area contributed by atoms with E-state index in [0.29, 0.717) is 34.4 Å². The monoisotopic (exact) mass is 392 g/mol. The van der Waals surface area contributed by atoms with E-state index in [9.17, 15) is 4.79 Å². The van der Waals surface area contributed by atoms with Crippen LogP contribution in [0.4, 0.5) is 5.69 Å². The van der Waals surface area contributed by atoms with Crippen LogP contribution in [0.2, 0.25) is 5.02 Å². The molecular formula is C17H13ClN2O3S2. The van der Waals surface area contributed by atoms with Crippen molar-refractivity contribution in [1.82, 2.24) is 4.98 Å². The van der Waals surface area contributed by atoms with E-state index >= 15 is 0 Å². The maximum absolute atomic E-state index is 12.1. The van der Waals surface area contributed by atoms with E-state index in [4.69, 9.17) is 21.1 Å². The quantitative estimate of drug-likeness (QED) is 0.632. The van der Waals surface area contributed by atoms with Gasteiger partial charge in [-0.2, -0.15) is 0 Å². The molecule has 1 N–H and O–H groups in total. The molecule has 4 rings (SSSR count).